The van der Waals surface area contributed by atoms with Gasteiger partial charge in [0.15, 0.2) is 0 Å². The van der Waals surface area contributed by atoms with Crippen molar-refractivity contribution in [1.29, 1.82) is 5.26 Å². The van der Waals surface area contributed by atoms with Crippen LogP contribution in [0.25, 0.3) is 0 Å². The second-order valence-electron chi connectivity index (χ2n) is 5.76. The number of carbonyl (C=O) groups is 1. The number of esters is 1. The number of carbonyl (C=O) groups excluding carboxylic acids is 1. The molecule has 5 heteroatoms. The molecule has 1 aliphatic carbocycles. The number of benzene rings is 1. The Labute approximate surface area is 149 Å². The Morgan fingerprint density at radius 3 is 2.88 bits per heavy atom. The van der Waals surface area contributed by atoms with Crippen molar-refractivity contribution < 1.29 is 14.3 Å². The standard InChI is InChI=1S/C20H24N2O3/c1-3-25-20(23)15-22(18-10-7-11-19(12-18)24-2)14-17(13-21)16-8-5-4-6-9-16/h7-8,10-12,14H,3-6,9,15H2,1-2H3. The fourth-order valence-corrected chi connectivity index (χ4v) is 2.77. The van der Waals surface area contributed by atoms with Crippen LogP contribution in [0.3, 0.4) is 0 Å². The quantitative estimate of drug-likeness (QED) is 0.555. The first-order valence-corrected chi connectivity index (χ1v) is 8.55. The van der Waals surface area contributed by atoms with Gasteiger partial charge in [-0.1, -0.05) is 12.1 Å². The van der Waals surface area contributed by atoms with E-state index in [0.29, 0.717) is 17.9 Å². The first kappa shape index (κ1) is 18.6. The molecular formula is C20H24N2O3. The van der Waals surface area contributed by atoms with E-state index in [2.05, 4.69) is 12.1 Å². The van der Waals surface area contributed by atoms with Crippen LogP contribution in [0.1, 0.15) is 32.6 Å². The lowest BCUT2D eigenvalue weighted by molar-refractivity contribution is -0.141. The highest BCUT2D eigenvalue weighted by Crippen LogP contribution is 2.26. The predicted molar refractivity (Wildman–Crippen MR) is 97.2 cm³/mol. The lowest BCUT2D eigenvalue weighted by Gasteiger charge is -2.22. The summed E-state index contributed by atoms with van der Waals surface area (Å²) in [6.07, 6.45) is 7.98. The summed E-state index contributed by atoms with van der Waals surface area (Å²) in [6.45, 7) is 2.14. The molecular weight excluding hydrogens is 316 g/mol. The first-order chi connectivity index (χ1) is 12.2. The summed E-state index contributed by atoms with van der Waals surface area (Å²) in [5.41, 5.74) is 2.41. The second kappa shape index (κ2) is 9.53. The van der Waals surface area contributed by atoms with Crippen LogP contribution in [0.4, 0.5) is 5.69 Å². The van der Waals surface area contributed by atoms with Crippen molar-refractivity contribution in [3.05, 3.63) is 47.7 Å². The molecule has 0 amide bonds. The zero-order valence-corrected chi connectivity index (χ0v) is 14.8. The van der Waals surface area contributed by atoms with Crippen molar-refractivity contribution in [3.8, 4) is 11.8 Å². The molecule has 0 aromatic heterocycles. The van der Waals surface area contributed by atoms with E-state index in [-0.39, 0.29) is 12.5 Å². The summed E-state index contributed by atoms with van der Waals surface area (Å²) >= 11 is 0. The van der Waals surface area contributed by atoms with Crippen molar-refractivity contribution in [2.45, 2.75) is 32.6 Å². The van der Waals surface area contributed by atoms with Gasteiger partial charge < -0.3 is 14.4 Å². The highest BCUT2D eigenvalue weighted by Gasteiger charge is 2.15. The fourth-order valence-electron chi connectivity index (χ4n) is 2.77. The van der Waals surface area contributed by atoms with Crippen LogP contribution in [0.5, 0.6) is 5.75 Å². The minimum atomic E-state index is -0.337. The predicted octanol–water partition coefficient (Wildman–Crippen LogP) is 3.97. The second-order valence-corrected chi connectivity index (χ2v) is 5.76. The van der Waals surface area contributed by atoms with Crippen LogP contribution in [-0.2, 0) is 9.53 Å². The topological polar surface area (TPSA) is 62.6 Å². The molecule has 0 spiro atoms. The van der Waals surface area contributed by atoms with Gasteiger partial charge in [0.05, 0.1) is 19.3 Å². The largest absolute Gasteiger partial charge is 0.497 e. The lowest BCUT2D eigenvalue weighted by atomic mass is 9.94. The zero-order chi connectivity index (χ0) is 18.1. The SMILES string of the molecule is CCOC(=O)CN(C=C(C#N)C1=CCCCC1)c1cccc(OC)c1. The van der Waals surface area contributed by atoms with Gasteiger partial charge >= 0.3 is 5.97 Å². The Kier molecular flexibility index (Phi) is 7.09. The average Bonchev–Trinajstić information content (AvgIpc) is 2.66. The van der Waals surface area contributed by atoms with Gasteiger partial charge in [0, 0.05) is 18.0 Å². The van der Waals surface area contributed by atoms with Crippen LogP contribution in [-0.4, -0.2) is 26.2 Å². The van der Waals surface area contributed by atoms with E-state index < -0.39 is 0 Å². The molecule has 0 radical (unpaired) electrons. The molecule has 0 heterocycles. The summed E-state index contributed by atoms with van der Waals surface area (Å²) in [4.78, 5) is 13.7. The Morgan fingerprint density at radius 2 is 2.24 bits per heavy atom. The minimum Gasteiger partial charge on any atom is -0.497 e. The molecule has 0 bridgehead atoms. The van der Waals surface area contributed by atoms with Crippen LogP contribution in [0, 0.1) is 11.3 Å². The van der Waals surface area contributed by atoms with Crippen molar-refractivity contribution in [2.24, 2.45) is 0 Å². The van der Waals surface area contributed by atoms with Crippen LogP contribution in [0.2, 0.25) is 0 Å². The maximum atomic E-state index is 12.0. The van der Waals surface area contributed by atoms with Crippen molar-refractivity contribution >= 4 is 11.7 Å². The number of nitriles is 1. The van der Waals surface area contributed by atoms with Gasteiger partial charge in [-0.3, -0.25) is 4.79 Å². The van der Waals surface area contributed by atoms with E-state index >= 15 is 0 Å². The number of allylic oxidation sites excluding steroid dienone is 3. The Hall–Kier alpha value is -2.74. The number of ether oxygens (including phenoxy) is 2. The van der Waals surface area contributed by atoms with E-state index in [4.69, 9.17) is 9.47 Å². The van der Waals surface area contributed by atoms with Gasteiger partial charge in [0.2, 0.25) is 0 Å². The summed E-state index contributed by atoms with van der Waals surface area (Å²) < 4.78 is 10.3. The molecule has 0 aliphatic heterocycles. The van der Waals surface area contributed by atoms with Crippen molar-refractivity contribution in [1.82, 2.24) is 0 Å². The van der Waals surface area contributed by atoms with Gasteiger partial charge in [0.25, 0.3) is 0 Å². The number of methoxy groups -OCH3 is 1. The van der Waals surface area contributed by atoms with E-state index in [1.54, 1.807) is 25.1 Å². The smallest absolute Gasteiger partial charge is 0.325 e. The number of hydrogen-bond donors (Lipinski definition) is 0. The van der Waals surface area contributed by atoms with Crippen LogP contribution in [0.15, 0.2) is 47.7 Å². The molecule has 0 saturated carbocycles. The monoisotopic (exact) mass is 340 g/mol. The zero-order valence-electron chi connectivity index (χ0n) is 14.8. The maximum Gasteiger partial charge on any atom is 0.325 e. The van der Waals surface area contributed by atoms with Gasteiger partial charge in [-0.05, 0) is 50.3 Å². The fraction of sp³-hybridized carbons (Fsp3) is 0.400. The third-order valence-corrected chi connectivity index (χ3v) is 4.03. The number of anilines is 1. The van der Waals surface area contributed by atoms with E-state index in [1.807, 2.05) is 24.3 Å². The summed E-state index contributed by atoms with van der Waals surface area (Å²) in [5, 5.41) is 9.59. The number of rotatable bonds is 7. The molecule has 0 N–H and O–H groups in total. The maximum absolute atomic E-state index is 12.0. The van der Waals surface area contributed by atoms with Gasteiger partial charge in [0.1, 0.15) is 18.4 Å². The van der Waals surface area contributed by atoms with Gasteiger partial charge in [-0.15, -0.1) is 0 Å². The summed E-state index contributed by atoms with van der Waals surface area (Å²) in [7, 11) is 1.60. The van der Waals surface area contributed by atoms with Gasteiger partial charge in [-0.2, -0.15) is 5.26 Å². The van der Waals surface area contributed by atoms with Gasteiger partial charge in [-0.25, -0.2) is 0 Å². The third-order valence-electron chi connectivity index (χ3n) is 4.03. The molecule has 25 heavy (non-hydrogen) atoms. The Balaban J connectivity index is 2.35. The van der Waals surface area contributed by atoms with Crippen molar-refractivity contribution in [3.63, 3.8) is 0 Å². The Bertz CT molecular complexity index is 701. The minimum absolute atomic E-state index is 0.0411. The molecule has 0 atom stereocenters. The van der Waals surface area contributed by atoms with E-state index in [0.717, 1.165) is 36.9 Å². The average molecular weight is 340 g/mol. The van der Waals surface area contributed by atoms with Crippen molar-refractivity contribution in [2.75, 3.05) is 25.2 Å². The first-order valence-electron chi connectivity index (χ1n) is 8.55. The number of hydrogen-bond acceptors (Lipinski definition) is 5. The number of nitrogens with zero attached hydrogens (tertiary/aromatic N) is 2. The molecule has 0 fully saturated rings. The van der Waals surface area contributed by atoms with Crippen LogP contribution < -0.4 is 9.64 Å². The molecule has 0 saturated heterocycles. The normalized spacial score (nSPS) is 14.3. The molecule has 1 aromatic rings. The molecule has 132 valence electrons. The Morgan fingerprint density at radius 1 is 1.40 bits per heavy atom. The van der Waals surface area contributed by atoms with E-state index in [1.165, 1.54) is 0 Å². The summed E-state index contributed by atoms with van der Waals surface area (Å²) in [5.74, 6) is 0.353. The highest BCUT2D eigenvalue weighted by molar-refractivity contribution is 5.77. The van der Waals surface area contributed by atoms with E-state index in [9.17, 15) is 10.1 Å². The molecule has 1 aromatic carbocycles. The van der Waals surface area contributed by atoms with Crippen LogP contribution >= 0.6 is 0 Å². The molecule has 5 nitrogen and oxygen atoms in total. The molecule has 2 rings (SSSR count). The highest BCUT2D eigenvalue weighted by atomic mass is 16.5. The lowest BCUT2D eigenvalue weighted by Crippen LogP contribution is -2.27. The summed E-state index contributed by atoms with van der Waals surface area (Å²) in [6, 6.07) is 9.68. The molecule has 1 aliphatic rings. The molecule has 0 unspecified atom stereocenters. The third kappa shape index (κ3) is 5.39.